The molecule has 1 atom stereocenters. The molecule has 0 spiro atoms. The highest BCUT2D eigenvalue weighted by Gasteiger charge is 2.19. The Morgan fingerprint density at radius 1 is 1.56 bits per heavy atom. The Bertz CT molecular complexity index is 550. The lowest BCUT2D eigenvalue weighted by molar-refractivity contribution is 0.411. The van der Waals surface area contributed by atoms with Crippen LogP contribution in [0, 0.1) is 6.92 Å². The fraction of sp³-hybridized carbons (Fsp3) is 0.417. The van der Waals surface area contributed by atoms with E-state index in [1.54, 1.807) is 0 Å². The number of aryl methyl sites for hydroxylation is 2. The van der Waals surface area contributed by atoms with Crippen LogP contribution < -0.4 is 5.32 Å². The predicted molar refractivity (Wildman–Crippen MR) is 74.9 cm³/mol. The van der Waals surface area contributed by atoms with Gasteiger partial charge in [-0.25, -0.2) is 0 Å². The lowest BCUT2D eigenvalue weighted by Crippen LogP contribution is -2.19. The average Bonchev–Trinajstić information content (AvgIpc) is 2.84. The molecule has 2 aromatic heterocycles. The van der Waals surface area contributed by atoms with Crippen molar-refractivity contribution in [3.8, 4) is 0 Å². The zero-order valence-electron chi connectivity index (χ0n) is 10.5. The molecule has 18 heavy (non-hydrogen) atoms. The van der Waals surface area contributed by atoms with Crippen LogP contribution in [0.5, 0.6) is 0 Å². The van der Waals surface area contributed by atoms with Crippen LogP contribution in [0.4, 0.5) is 0 Å². The van der Waals surface area contributed by atoms with Gasteiger partial charge < -0.3 is 9.73 Å². The number of nitrogens with zero attached hydrogens (tertiary/aromatic N) is 2. The summed E-state index contributed by atoms with van der Waals surface area (Å²) < 4.78 is 8.12. The summed E-state index contributed by atoms with van der Waals surface area (Å²) in [5.74, 6) is 0.874. The van der Waals surface area contributed by atoms with Crippen molar-refractivity contribution in [2.75, 3.05) is 7.05 Å². The topological polar surface area (TPSA) is 43.0 Å². The Labute approximate surface area is 119 Å². The van der Waals surface area contributed by atoms with E-state index in [-0.39, 0.29) is 6.04 Å². The van der Waals surface area contributed by atoms with Crippen molar-refractivity contribution in [3.63, 3.8) is 0 Å². The summed E-state index contributed by atoms with van der Waals surface area (Å²) in [6.07, 6.45) is 0.729. The highest BCUT2D eigenvalue weighted by atomic mass is 79.9. The Kier molecular flexibility index (Phi) is 4.14. The van der Waals surface area contributed by atoms with E-state index >= 15 is 0 Å². The van der Waals surface area contributed by atoms with Crippen LogP contribution in [0.1, 0.15) is 23.2 Å². The van der Waals surface area contributed by atoms with Crippen molar-refractivity contribution in [3.05, 3.63) is 39.0 Å². The molecule has 6 heteroatoms. The van der Waals surface area contributed by atoms with Crippen LogP contribution in [0.3, 0.4) is 0 Å². The minimum atomic E-state index is 0.0728. The molecule has 0 amide bonds. The third-order valence-electron chi connectivity index (χ3n) is 2.95. The van der Waals surface area contributed by atoms with E-state index in [0.29, 0.717) is 0 Å². The molecular weight excluding hydrogens is 318 g/mol. The van der Waals surface area contributed by atoms with E-state index in [4.69, 9.17) is 16.0 Å². The van der Waals surface area contributed by atoms with Crippen LogP contribution in [-0.2, 0) is 13.5 Å². The normalized spacial score (nSPS) is 12.9. The molecule has 98 valence electrons. The Hall–Kier alpha value is -0.780. The molecule has 0 aliphatic heterocycles. The minimum Gasteiger partial charge on any atom is -0.453 e. The van der Waals surface area contributed by atoms with Gasteiger partial charge in [0.15, 0.2) is 4.67 Å². The molecule has 0 fully saturated rings. The summed E-state index contributed by atoms with van der Waals surface area (Å²) >= 11 is 9.57. The summed E-state index contributed by atoms with van der Waals surface area (Å²) in [6, 6.07) is 3.90. The van der Waals surface area contributed by atoms with Crippen LogP contribution in [-0.4, -0.2) is 16.8 Å². The van der Waals surface area contributed by atoms with Crippen molar-refractivity contribution in [1.82, 2.24) is 15.1 Å². The van der Waals surface area contributed by atoms with Gasteiger partial charge in [0.2, 0.25) is 0 Å². The average molecular weight is 333 g/mol. The third kappa shape index (κ3) is 2.63. The van der Waals surface area contributed by atoms with E-state index in [2.05, 4.69) is 26.3 Å². The second kappa shape index (κ2) is 5.47. The lowest BCUT2D eigenvalue weighted by Gasteiger charge is -2.14. The van der Waals surface area contributed by atoms with Gasteiger partial charge in [0, 0.05) is 13.5 Å². The SMILES string of the molecule is CNC(Cc1c(Cl)c(C)nn1C)c1ccc(Br)o1. The third-order valence-corrected chi connectivity index (χ3v) is 3.86. The molecule has 2 rings (SSSR count). The molecule has 0 aliphatic rings. The van der Waals surface area contributed by atoms with E-state index in [1.807, 2.05) is 37.8 Å². The molecule has 0 bridgehead atoms. The highest BCUT2D eigenvalue weighted by Crippen LogP contribution is 2.27. The van der Waals surface area contributed by atoms with Crippen LogP contribution in [0.25, 0.3) is 0 Å². The maximum absolute atomic E-state index is 6.26. The number of hydrogen-bond donors (Lipinski definition) is 1. The van der Waals surface area contributed by atoms with Crippen molar-refractivity contribution in [1.29, 1.82) is 0 Å². The number of halogens is 2. The monoisotopic (exact) mass is 331 g/mol. The van der Waals surface area contributed by atoms with Crippen LogP contribution >= 0.6 is 27.5 Å². The molecule has 0 aliphatic carbocycles. The summed E-state index contributed by atoms with van der Waals surface area (Å²) in [5.41, 5.74) is 1.85. The van der Waals surface area contributed by atoms with E-state index in [9.17, 15) is 0 Å². The number of aromatic nitrogens is 2. The molecule has 1 unspecified atom stereocenters. The summed E-state index contributed by atoms with van der Waals surface area (Å²) in [5, 5.41) is 8.27. The number of hydrogen-bond acceptors (Lipinski definition) is 3. The Balaban J connectivity index is 2.25. The molecular formula is C12H15BrClN3O. The van der Waals surface area contributed by atoms with Gasteiger partial charge in [0.05, 0.1) is 22.5 Å². The van der Waals surface area contributed by atoms with Gasteiger partial charge in [-0.15, -0.1) is 0 Å². The number of nitrogens with one attached hydrogen (secondary N) is 1. The van der Waals surface area contributed by atoms with Gasteiger partial charge >= 0.3 is 0 Å². The number of likely N-dealkylation sites (N-methyl/N-ethyl adjacent to an activating group) is 1. The first-order chi connectivity index (χ1) is 8.52. The van der Waals surface area contributed by atoms with Crippen molar-refractivity contribution >= 4 is 27.5 Å². The second-order valence-electron chi connectivity index (χ2n) is 4.16. The van der Waals surface area contributed by atoms with Gasteiger partial charge in [-0.2, -0.15) is 5.10 Å². The highest BCUT2D eigenvalue weighted by molar-refractivity contribution is 9.10. The van der Waals surface area contributed by atoms with Gasteiger partial charge in [-0.3, -0.25) is 4.68 Å². The summed E-state index contributed by atoms with van der Waals surface area (Å²) in [7, 11) is 3.80. The number of furan rings is 1. The quantitative estimate of drug-likeness (QED) is 0.934. The molecule has 0 aromatic carbocycles. The second-order valence-corrected chi connectivity index (χ2v) is 5.32. The molecule has 2 aromatic rings. The first-order valence-electron chi connectivity index (χ1n) is 5.63. The zero-order chi connectivity index (χ0) is 13.3. The molecule has 0 saturated heterocycles. The summed E-state index contributed by atoms with van der Waals surface area (Å²) in [6.45, 7) is 1.91. The molecule has 1 N–H and O–H groups in total. The zero-order valence-corrected chi connectivity index (χ0v) is 12.8. The van der Waals surface area contributed by atoms with E-state index in [1.165, 1.54) is 0 Å². The minimum absolute atomic E-state index is 0.0728. The van der Waals surface area contributed by atoms with Gasteiger partial charge in [0.25, 0.3) is 0 Å². The Morgan fingerprint density at radius 2 is 2.28 bits per heavy atom. The lowest BCUT2D eigenvalue weighted by atomic mass is 10.1. The maximum Gasteiger partial charge on any atom is 0.169 e. The standard InChI is InChI=1S/C12H15BrClN3O/c1-7-12(14)9(17(3)16-7)6-8(15-2)10-4-5-11(13)18-10/h4-5,8,15H,6H2,1-3H3. The van der Waals surface area contributed by atoms with Gasteiger partial charge in [0.1, 0.15) is 5.76 Å². The molecule has 0 saturated carbocycles. The smallest absolute Gasteiger partial charge is 0.169 e. The fourth-order valence-electron chi connectivity index (χ4n) is 1.96. The molecule has 2 heterocycles. The van der Waals surface area contributed by atoms with E-state index in [0.717, 1.165) is 33.3 Å². The van der Waals surface area contributed by atoms with Gasteiger partial charge in [-0.05, 0) is 42.0 Å². The van der Waals surface area contributed by atoms with Crippen molar-refractivity contribution < 1.29 is 4.42 Å². The van der Waals surface area contributed by atoms with Gasteiger partial charge in [-0.1, -0.05) is 11.6 Å². The van der Waals surface area contributed by atoms with Crippen LogP contribution in [0.15, 0.2) is 21.2 Å². The maximum atomic E-state index is 6.26. The molecule has 0 radical (unpaired) electrons. The number of rotatable bonds is 4. The molecule has 4 nitrogen and oxygen atoms in total. The first-order valence-corrected chi connectivity index (χ1v) is 6.80. The fourth-order valence-corrected chi connectivity index (χ4v) is 2.51. The van der Waals surface area contributed by atoms with Crippen LogP contribution in [0.2, 0.25) is 5.02 Å². The summed E-state index contributed by atoms with van der Waals surface area (Å²) in [4.78, 5) is 0. The van der Waals surface area contributed by atoms with E-state index < -0.39 is 0 Å². The van der Waals surface area contributed by atoms with Crippen molar-refractivity contribution in [2.45, 2.75) is 19.4 Å². The first kappa shape index (κ1) is 13.6. The van der Waals surface area contributed by atoms with Crippen molar-refractivity contribution in [2.24, 2.45) is 7.05 Å². The predicted octanol–water partition coefficient (Wildman–Crippen LogP) is 3.24. The largest absolute Gasteiger partial charge is 0.453 e. The Morgan fingerprint density at radius 3 is 2.72 bits per heavy atom.